The van der Waals surface area contributed by atoms with E-state index in [1.807, 2.05) is 0 Å². The largest absolute Gasteiger partial charge is 0.393 e. The van der Waals surface area contributed by atoms with Gasteiger partial charge >= 0.3 is 0 Å². The molecule has 0 radical (unpaired) electrons. The van der Waals surface area contributed by atoms with Gasteiger partial charge in [-0.2, -0.15) is 0 Å². The van der Waals surface area contributed by atoms with Crippen LogP contribution in [0.4, 0.5) is 0 Å². The fraction of sp³-hybridized carbons (Fsp3) is 1.00. The second-order valence-electron chi connectivity index (χ2n) is 2.19. The average molecular weight is 152 g/mol. The highest BCUT2D eigenvalue weighted by atomic mass is 31.2. The number of hydrogen-bond donors (Lipinski definition) is 2. The van der Waals surface area contributed by atoms with Gasteiger partial charge in [-0.3, -0.25) is 4.57 Å². The molecule has 0 fully saturated rings. The Bertz CT molecular complexity index is 121. The van der Waals surface area contributed by atoms with Crippen molar-refractivity contribution in [3.05, 3.63) is 0 Å². The molecule has 2 atom stereocenters. The van der Waals surface area contributed by atoms with Gasteiger partial charge in [0.05, 0.1) is 12.3 Å². The summed E-state index contributed by atoms with van der Waals surface area (Å²) in [4.78, 5) is 8.89. The van der Waals surface area contributed by atoms with Crippen LogP contribution in [0.15, 0.2) is 0 Å². The molecule has 9 heavy (non-hydrogen) atoms. The van der Waals surface area contributed by atoms with Gasteiger partial charge in [0.2, 0.25) is 7.37 Å². The van der Waals surface area contributed by atoms with Gasteiger partial charge in [-0.1, -0.05) is 6.92 Å². The fourth-order valence-electron chi connectivity index (χ4n) is 0.542. The number of rotatable bonds is 3. The molecule has 0 aromatic heterocycles. The zero-order valence-corrected chi connectivity index (χ0v) is 6.64. The van der Waals surface area contributed by atoms with E-state index >= 15 is 0 Å². The van der Waals surface area contributed by atoms with Crippen molar-refractivity contribution in [3.8, 4) is 0 Å². The van der Waals surface area contributed by atoms with Gasteiger partial charge in [0.1, 0.15) is 0 Å². The molecular formula is C5H13O3P. The summed E-state index contributed by atoms with van der Waals surface area (Å²) in [5.41, 5.74) is 0. The molecule has 2 unspecified atom stereocenters. The van der Waals surface area contributed by atoms with E-state index in [0.717, 1.165) is 0 Å². The van der Waals surface area contributed by atoms with Gasteiger partial charge < -0.3 is 10.00 Å². The summed E-state index contributed by atoms with van der Waals surface area (Å²) in [5.74, 6) is 0. The quantitative estimate of drug-likeness (QED) is 0.584. The van der Waals surface area contributed by atoms with Crippen LogP contribution in [0, 0.1) is 0 Å². The first-order chi connectivity index (χ1) is 3.98. The van der Waals surface area contributed by atoms with Crippen LogP contribution in [0.25, 0.3) is 0 Å². The van der Waals surface area contributed by atoms with Gasteiger partial charge in [-0.05, 0) is 6.92 Å². The maximum Gasteiger partial charge on any atom is 0.202 e. The van der Waals surface area contributed by atoms with E-state index in [2.05, 4.69) is 0 Å². The Morgan fingerprint density at radius 2 is 2.11 bits per heavy atom. The van der Waals surface area contributed by atoms with E-state index in [4.69, 9.17) is 10.00 Å². The zero-order chi connectivity index (χ0) is 7.49. The lowest BCUT2D eigenvalue weighted by Gasteiger charge is -2.09. The molecule has 0 aliphatic rings. The SMILES string of the molecule is CCP(=O)(O)CC(C)O. The van der Waals surface area contributed by atoms with Crippen molar-refractivity contribution < 1.29 is 14.6 Å². The minimum atomic E-state index is -2.98. The Balaban J connectivity index is 3.73. The number of aliphatic hydroxyl groups is 1. The fourth-order valence-corrected chi connectivity index (χ4v) is 1.63. The molecule has 3 nitrogen and oxygen atoms in total. The van der Waals surface area contributed by atoms with E-state index in [0.29, 0.717) is 0 Å². The molecule has 0 saturated carbocycles. The first-order valence-corrected chi connectivity index (χ1v) is 5.00. The van der Waals surface area contributed by atoms with E-state index < -0.39 is 13.5 Å². The molecule has 0 bridgehead atoms. The summed E-state index contributed by atoms with van der Waals surface area (Å²) >= 11 is 0. The van der Waals surface area contributed by atoms with Crippen molar-refractivity contribution in [2.75, 3.05) is 12.3 Å². The van der Waals surface area contributed by atoms with E-state index in [1.54, 1.807) is 6.92 Å². The van der Waals surface area contributed by atoms with Crippen LogP contribution >= 0.6 is 7.37 Å². The lowest BCUT2D eigenvalue weighted by Crippen LogP contribution is -2.07. The Hall–Kier alpha value is 0.150. The lowest BCUT2D eigenvalue weighted by molar-refractivity contribution is 0.214. The van der Waals surface area contributed by atoms with Crippen molar-refractivity contribution in [2.24, 2.45) is 0 Å². The summed E-state index contributed by atoms with van der Waals surface area (Å²) in [6.07, 6.45) is -0.401. The van der Waals surface area contributed by atoms with Gasteiger partial charge in [0.25, 0.3) is 0 Å². The molecular weight excluding hydrogens is 139 g/mol. The van der Waals surface area contributed by atoms with Crippen LogP contribution in [0.5, 0.6) is 0 Å². The molecule has 4 heteroatoms. The molecule has 2 N–H and O–H groups in total. The monoisotopic (exact) mass is 152 g/mol. The summed E-state index contributed by atoms with van der Waals surface area (Å²) in [7, 11) is -2.98. The molecule has 56 valence electrons. The average Bonchev–Trinajstić information content (AvgIpc) is 1.63. The molecule has 0 heterocycles. The van der Waals surface area contributed by atoms with Crippen molar-refractivity contribution in [3.63, 3.8) is 0 Å². The molecule has 0 aromatic carbocycles. The second-order valence-corrected chi connectivity index (χ2v) is 4.88. The van der Waals surface area contributed by atoms with Gasteiger partial charge in [-0.15, -0.1) is 0 Å². The summed E-state index contributed by atoms with van der Waals surface area (Å²) < 4.78 is 10.8. The predicted octanol–water partition coefficient (Wildman–Crippen LogP) is 0.657. The summed E-state index contributed by atoms with van der Waals surface area (Å²) in [6.45, 7) is 3.15. The minimum Gasteiger partial charge on any atom is -0.393 e. The molecule has 0 spiro atoms. The van der Waals surface area contributed by atoms with Gasteiger partial charge in [0, 0.05) is 6.16 Å². The first-order valence-electron chi connectivity index (χ1n) is 2.97. The molecule has 0 saturated heterocycles. The highest BCUT2D eigenvalue weighted by Gasteiger charge is 2.16. The molecule has 0 rings (SSSR count). The summed E-state index contributed by atoms with van der Waals surface area (Å²) in [6, 6.07) is 0. The van der Waals surface area contributed by atoms with Gasteiger partial charge in [0.15, 0.2) is 0 Å². The third-order valence-corrected chi connectivity index (χ3v) is 3.13. The molecule has 0 aliphatic heterocycles. The highest BCUT2D eigenvalue weighted by molar-refractivity contribution is 7.58. The van der Waals surface area contributed by atoms with Crippen molar-refractivity contribution in [2.45, 2.75) is 20.0 Å². The van der Waals surface area contributed by atoms with Gasteiger partial charge in [-0.25, -0.2) is 0 Å². The Morgan fingerprint density at radius 1 is 1.67 bits per heavy atom. The minimum absolute atomic E-state index is 0.0174. The third-order valence-electron chi connectivity index (χ3n) is 1.04. The van der Waals surface area contributed by atoms with Crippen LogP contribution in [0.2, 0.25) is 0 Å². The normalized spacial score (nSPS) is 20.9. The van der Waals surface area contributed by atoms with Crippen molar-refractivity contribution in [1.29, 1.82) is 0 Å². The Morgan fingerprint density at radius 3 is 2.22 bits per heavy atom. The van der Waals surface area contributed by atoms with Crippen molar-refractivity contribution in [1.82, 2.24) is 0 Å². The van der Waals surface area contributed by atoms with E-state index in [9.17, 15) is 4.57 Å². The topological polar surface area (TPSA) is 57.5 Å². The highest BCUT2D eigenvalue weighted by Crippen LogP contribution is 2.39. The molecule has 0 aliphatic carbocycles. The van der Waals surface area contributed by atoms with E-state index in [1.165, 1.54) is 6.92 Å². The van der Waals surface area contributed by atoms with Crippen LogP contribution < -0.4 is 0 Å². The maximum atomic E-state index is 10.8. The Kier molecular flexibility index (Phi) is 3.41. The van der Waals surface area contributed by atoms with Crippen LogP contribution in [-0.2, 0) is 4.57 Å². The van der Waals surface area contributed by atoms with Crippen LogP contribution in [-0.4, -0.2) is 28.4 Å². The molecule has 0 aromatic rings. The number of hydrogen-bond acceptors (Lipinski definition) is 2. The third kappa shape index (κ3) is 4.64. The van der Waals surface area contributed by atoms with Crippen molar-refractivity contribution >= 4 is 7.37 Å². The van der Waals surface area contributed by atoms with E-state index in [-0.39, 0.29) is 12.3 Å². The van der Waals surface area contributed by atoms with Crippen LogP contribution in [0.1, 0.15) is 13.8 Å². The zero-order valence-electron chi connectivity index (χ0n) is 5.74. The smallest absolute Gasteiger partial charge is 0.202 e. The first kappa shape index (κ1) is 9.15. The molecule has 0 amide bonds. The summed E-state index contributed by atoms with van der Waals surface area (Å²) in [5, 5.41) is 8.69. The standard InChI is InChI=1S/C5H13O3P/c1-3-9(7,8)4-5(2)6/h5-6H,3-4H2,1-2H3,(H,7,8). The maximum absolute atomic E-state index is 10.8. The van der Waals surface area contributed by atoms with Crippen LogP contribution in [0.3, 0.4) is 0 Å². The second kappa shape index (κ2) is 3.35. The predicted molar refractivity (Wildman–Crippen MR) is 36.9 cm³/mol. The number of aliphatic hydroxyl groups excluding tert-OH is 1. The lowest BCUT2D eigenvalue weighted by atomic mass is 10.5. The Labute approximate surface area is 55.2 Å².